The van der Waals surface area contributed by atoms with Gasteiger partial charge < -0.3 is 20.3 Å². The number of ether oxygens (including phenoxy) is 1. The molecule has 2 aliphatic heterocycles. The Labute approximate surface area is 373 Å². The number of nitrogens with zero attached hydrogens (tertiary/aromatic N) is 3. The van der Waals surface area contributed by atoms with Crippen LogP contribution in [0.2, 0.25) is 10.0 Å². The number of likely N-dealkylation sites (tertiary alicyclic amines) is 1. The van der Waals surface area contributed by atoms with Crippen LogP contribution >= 0.6 is 23.2 Å². The summed E-state index contributed by atoms with van der Waals surface area (Å²) < 4.78 is 5.55. The van der Waals surface area contributed by atoms with E-state index in [1.54, 1.807) is 127 Å². The van der Waals surface area contributed by atoms with E-state index < -0.39 is 0 Å². The first-order valence-corrected chi connectivity index (χ1v) is 37.2. The third-order valence-electron chi connectivity index (χ3n) is 7.71. The van der Waals surface area contributed by atoms with Crippen LogP contribution in [0, 0.1) is 5.92 Å². The zero-order valence-corrected chi connectivity index (χ0v) is 42.9. The molecule has 2 aromatic carbocycles. The summed E-state index contributed by atoms with van der Waals surface area (Å²) in [5.74, 6) is 0.425. The highest BCUT2D eigenvalue weighted by Crippen LogP contribution is 2.33. The van der Waals surface area contributed by atoms with Gasteiger partial charge in [0.1, 0.15) is 0 Å². The number of urea groups is 1. The van der Waals surface area contributed by atoms with Crippen molar-refractivity contribution in [3.8, 4) is 0 Å². The number of carbonyl (C=O) groups is 2. The molecule has 0 unspecified atom stereocenters. The van der Waals surface area contributed by atoms with Crippen molar-refractivity contribution in [2.45, 2.75) is 31.3 Å². The fourth-order valence-corrected chi connectivity index (χ4v) is 41.5. The topological polar surface area (TPSA) is 79.1 Å². The Morgan fingerprint density at radius 3 is 1.57 bits per heavy atom. The molecule has 3 amide bonds. The number of rotatable bonds is 7. The van der Waals surface area contributed by atoms with Crippen molar-refractivity contribution in [3.63, 3.8) is 0 Å². The minimum Gasteiger partial charge on any atom is -0.382 e. The first kappa shape index (κ1) is 48.8. The van der Waals surface area contributed by atoms with Crippen molar-refractivity contribution in [3.05, 3.63) is 69.7 Å². The lowest BCUT2D eigenvalue weighted by Gasteiger charge is -2.45. The first-order chi connectivity index (χ1) is 25.8. The highest BCUT2D eigenvalue weighted by atomic mass is 35.5. The van der Waals surface area contributed by atoms with Crippen molar-refractivity contribution in [2.75, 3.05) is 46.4 Å². The summed E-state index contributed by atoms with van der Waals surface area (Å²) in [5, 5.41) is 1.39. The Balaban J connectivity index is 0.000000377. The molecule has 7 nitrogen and oxygen atoms in total. The van der Waals surface area contributed by atoms with Crippen LogP contribution in [-0.2, 0) is 165 Å². The van der Waals surface area contributed by atoms with E-state index >= 15 is 0 Å². The largest absolute Gasteiger partial charge is 0.382 e. The van der Waals surface area contributed by atoms with Crippen molar-refractivity contribution in [1.82, 2.24) is 14.7 Å². The lowest BCUT2D eigenvalue weighted by atomic mass is 9.92. The summed E-state index contributed by atoms with van der Waals surface area (Å²) >= 11 is 21.8. The smallest absolute Gasteiger partial charge is 0.314 e. The number of piperidine rings is 1. The van der Waals surface area contributed by atoms with Gasteiger partial charge in [-0.05, 0) is 54.2 Å². The van der Waals surface area contributed by atoms with Gasteiger partial charge in [0.2, 0.25) is 5.91 Å². The van der Waals surface area contributed by atoms with E-state index in [1.807, 2.05) is 29.2 Å². The lowest BCUT2D eigenvalue weighted by molar-refractivity contribution is -0.139. The van der Waals surface area contributed by atoms with Gasteiger partial charge >= 0.3 is 6.03 Å². The molecule has 2 aliphatic rings. The lowest BCUT2D eigenvalue weighted by Crippen LogP contribution is -2.57. The average molecular weight is 1080 g/mol. The van der Waals surface area contributed by atoms with E-state index in [0.717, 1.165) is 30.5 Å². The monoisotopic (exact) mass is 1080 g/mol. The highest BCUT2D eigenvalue weighted by molar-refractivity contribution is 8.77. The molecule has 26 heteroatoms. The molecule has 0 aromatic heterocycles. The van der Waals surface area contributed by atoms with Gasteiger partial charge in [-0.25, -0.2) is 4.79 Å². The third-order valence-corrected chi connectivity index (χ3v) is 39.3. The van der Waals surface area contributed by atoms with E-state index in [-0.39, 0.29) is 29.9 Å². The van der Waals surface area contributed by atoms with Crippen LogP contribution in [0.4, 0.5) is 4.79 Å². The van der Waals surface area contributed by atoms with Crippen LogP contribution in [-0.4, -0.2) is 79.1 Å². The summed E-state index contributed by atoms with van der Waals surface area (Å²) in [5.41, 5.74) is 7.67. The minimum absolute atomic E-state index is 0.00858. The van der Waals surface area contributed by atoms with Crippen LogP contribution in [0.3, 0.4) is 0 Å². The molecule has 2 N–H and O–H groups in total. The number of piperazine rings is 1. The van der Waals surface area contributed by atoms with Gasteiger partial charge in [0.25, 0.3) is 0 Å². The van der Waals surface area contributed by atoms with Crippen LogP contribution < -0.4 is 5.73 Å². The van der Waals surface area contributed by atoms with Crippen molar-refractivity contribution < 1.29 is 14.3 Å². The molecule has 0 radical (unpaired) electrons. The Bertz CT molecular complexity index is 2100. The number of hydrogen-bond donors (Lipinski definition) is 1. The van der Waals surface area contributed by atoms with Gasteiger partial charge in [0.15, 0.2) is 0 Å². The molecule has 0 aliphatic carbocycles. The van der Waals surface area contributed by atoms with Crippen molar-refractivity contribution >= 4 is 191 Å². The molecule has 4 rings (SSSR count). The quantitative estimate of drug-likeness (QED) is 0.445. The van der Waals surface area contributed by atoms with E-state index in [9.17, 15) is 9.59 Å². The molecule has 53 heavy (non-hydrogen) atoms. The number of halogens is 2. The van der Waals surface area contributed by atoms with Crippen molar-refractivity contribution in [1.29, 1.82) is 0 Å². The Hall–Kier alpha value is 1.42. The number of primary amides is 1. The normalized spacial score (nSPS) is 15.7. The molecule has 296 valence electrons. The van der Waals surface area contributed by atoms with Gasteiger partial charge in [-0.3, -0.25) is 9.69 Å². The molecule has 1 atom stereocenters. The number of carbonyl (C=O) groups excluding carboxylic acids is 2. The predicted molar refractivity (Wildman–Crippen MR) is 267 cm³/mol. The second-order valence-electron chi connectivity index (χ2n) is 10.7. The third kappa shape index (κ3) is 19.4. The van der Waals surface area contributed by atoms with Gasteiger partial charge in [0, 0.05) is 212 Å². The van der Waals surface area contributed by atoms with E-state index in [4.69, 9.17) is 56.0 Å². The number of amides is 3. The number of methoxy groups -OCH3 is 1. The maximum atomic E-state index is 13.4. The fraction of sp³-hybridized carbons (Fsp3) is 0.481. The zero-order chi connectivity index (χ0) is 38.3. The minimum atomic E-state index is -0.382. The van der Waals surface area contributed by atoms with Crippen LogP contribution in [0.15, 0.2) is 48.5 Å². The molecule has 2 heterocycles. The van der Waals surface area contributed by atoms with Gasteiger partial charge in [0.05, 0.1) is 18.7 Å². The van der Waals surface area contributed by atoms with Crippen LogP contribution in [0.5, 0.6) is 0 Å². The second kappa shape index (κ2) is 29.6. The number of benzene rings is 2. The molecule has 2 saturated heterocycles. The Morgan fingerprint density at radius 1 is 0.736 bits per heavy atom. The van der Waals surface area contributed by atoms with E-state index in [2.05, 4.69) is 29.2 Å². The fourth-order valence-electron chi connectivity index (χ4n) is 5.55. The highest BCUT2D eigenvalue weighted by Gasteiger charge is 2.35. The standard InChI is InChI=1S/C27H34Cl2N4O3.S17/c1-36-18-24-17-32(14-15-33(24)25(34)16-19-10-12-31(13-11-19)27(30)35)26(20-2-6-22(28)7-3-20)21-4-8-23(29)9-5-21;1-3-5-7-9-11-13-15-17-16-14-12-10-8-6-4-2/h2-9,19,24,26H,10-18H2,1H3,(H2,30,35);/t24-;/m1./s1. The maximum absolute atomic E-state index is 13.4. The molecule has 0 saturated carbocycles. The molecule has 2 aromatic rings. The molecule has 0 bridgehead atoms. The van der Waals surface area contributed by atoms with Gasteiger partial charge in [-0.15, -0.1) is 0 Å². The summed E-state index contributed by atoms with van der Waals surface area (Å²) in [6.45, 7) is 3.76. The molecule has 2 fully saturated rings. The van der Waals surface area contributed by atoms with Gasteiger partial charge in [-0.2, -0.15) is 0 Å². The van der Waals surface area contributed by atoms with E-state index in [0.29, 0.717) is 49.3 Å². The summed E-state index contributed by atoms with van der Waals surface area (Å²) in [6, 6.07) is 15.5. The molecular weight excluding hydrogens is 1040 g/mol. The zero-order valence-electron chi connectivity index (χ0n) is 27.6. The Kier molecular flexibility index (Phi) is 27.2. The summed E-state index contributed by atoms with van der Waals surface area (Å²) in [7, 11) is 27.0. The molecule has 0 spiro atoms. The summed E-state index contributed by atoms with van der Waals surface area (Å²) in [4.78, 5) is 30.8. The average Bonchev–Trinajstić information content (AvgIpc) is 3.16. The maximum Gasteiger partial charge on any atom is 0.314 e. The summed E-state index contributed by atoms with van der Waals surface area (Å²) in [6.07, 6.45) is 2.10. The van der Waals surface area contributed by atoms with Gasteiger partial charge in [-0.1, -0.05) is 47.5 Å². The molecular formula is C27H34Cl2N4O3S17. The second-order valence-corrected chi connectivity index (χ2v) is 38.1. The number of nitrogens with two attached hydrogens (primary N) is 1. The van der Waals surface area contributed by atoms with E-state index in [1.165, 1.54) is 17.8 Å². The first-order valence-electron chi connectivity index (χ1n) is 15.1. The van der Waals surface area contributed by atoms with Crippen LogP contribution in [0.1, 0.15) is 36.4 Å². The number of hydrogen-bond acceptors (Lipinski definition) is 6. The SMILES string of the molecule is COC[C@H]1CN(C(c2ccc(Cl)cc2)c2ccc(Cl)cc2)CCN1C(=O)CC1CCN(C(N)=O)CC1.S=S=S=S=S=S=S=S=S=S=S=S=S=S=S=S=S. The van der Waals surface area contributed by atoms with Crippen molar-refractivity contribution in [2.24, 2.45) is 11.7 Å². The van der Waals surface area contributed by atoms with Crippen LogP contribution in [0.25, 0.3) is 0 Å². The predicted octanol–water partition coefficient (Wildman–Crippen LogP) is 4.38. The Morgan fingerprint density at radius 2 is 1.17 bits per heavy atom.